The summed E-state index contributed by atoms with van der Waals surface area (Å²) in [5, 5.41) is 6.43. The van der Waals surface area contributed by atoms with E-state index in [9.17, 15) is 9.59 Å². The van der Waals surface area contributed by atoms with E-state index in [4.69, 9.17) is 26.8 Å². The first-order valence-corrected chi connectivity index (χ1v) is 12.6. The molecule has 0 radical (unpaired) electrons. The van der Waals surface area contributed by atoms with Gasteiger partial charge in [-0.05, 0) is 49.6 Å². The fourth-order valence-corrected chi connectivity index (χ4v) is 6.07. The van der Waals surface area contributed by atoms with Crippen LogP contribution in [0, 0.1) is 12.7 Å². The number of amides is 2. The number of primary amides is 1. The summed E-state index contributed by atoms with van der Waals surface area (Å²) in [6.07, 6.45) is 2.34. The van der Waals surface area contributed by atoms with E-state index < -0.39 is 23.2 Å². The van der Waals surface area contributed by atoms with E-state index in [1.54, 1.807) is 0 Å². The molecule has 6 rings (SSSR count). The van der Waals surface area contributed by atoms with Gasteiger partial charge >= 0.3 is 0 Å². The molecule has 3 aliphatic heterocycles. The van der Waals surface area contributed by atoms with Crippen LogP contribution in [0.3, 0.4) is 0 Å². The molecule has 3 aliphatic rings. The highest BCUT2D eigenvalue weighted by Gasteiger charge is 2.50. The van der Waals surface area contributed by atoms with Gasteiger partial charge in [-0.15, -0.1) is 0 Å². The molecule has 9 heteroatoms. The van der Waals surface area contributed by atoms with E-state index in [0.29, 0.717) is 33.9 Å². The number of fused-ring (bicyclic) bond motifs is 2. The van der Waals surface area contributed by atoms with Crippen molar-refractivity contribution in [1.82, 2.24) is 5.32 Å². The fourth-order valence-electron chi connectivity index (χ4n) is 5.81. The first kappa shape index (κ1) is 23.8. The maximum absolute atomic E-state index is 16.2. The normalized spacial score (nSPS) is 22.0. The van der Waals surface area contributed by atoms with Crippen LogP contribution in [0.5, 0.6) is 11.5 Å². The minimum Gasteiger partial charge on any atom is -0.480 e. The maximum atomic E-state index is 16.2. The SMILES string of the molecule is Cc1cc2c(c(-c3c(C(N)=O)cc4c(c3F)OCC(=O)N4)c1Cl)C[C@](c1ccccc1)([C@@H]1CCCN1)O2. The van der Waals surface area contributed by atoms with Crippen molar-refractivity contribution in [3.63, 3.8) is 0 Å². The molecule has 1 fully saturated rings. The quantitative estimate of drug-likeness (QED) is 0.470. The zero-order chi connectivity index (χ0) is 25.9. The predicted molar refractivity (Wildman–Crippen MR) is 138 cm³/mol. The summed E-state index contributed by atoms with van der Waals surface area (Å²) in [6, 6.07) is 13.2. The highest BCUT2D eigenvalue weighted by Crippen LogP contribution is 2.53. The number of ether oxygens (including phenoxy) is 2. The number of hydrogen-bond acceptors (Lipinski definition) is 5. The molecule has 190 valence electrons. The van der Waals surface area contributed by atoms with Gasteiger partial charge in [-0.1, -0.05) is 41.9 Å². The Morgan fingerprint density at radius 1 is 1.22 bits per heavy atom. The Morgan fingerprint density at radius 2 is 2.00 bits per heavy atom. The van der Waals surface area contributed by atoms with E-state index in [2.05, 4.69) is 10.6 Å². The van der Waals surface area contributed by atoms with Gasteiger partial charge < -0.3 is 25.8 Å². The molecule has 1 saturated heterocycles. The van der Waals surface area contributed by atoms with Crippen LogP contribution in [0.2, 0.25) is 5.02 Å². The number of benzene rings is 3. The smallest absolute Gasteiger partial charge is 0.262 e. The number of halogens is 2. The van der Waals surface area contributed by atoms with Crippen molar-refractivity contribution < 1.29 is 23.5 Å². The molecule has 0 aliphatic carbocycles. The van der Waals surface area contributed by atoms with Crippen LogP contribution in [0.25, 0.3) is 11.1 Å². The van der Waals surface area contributed by atoms with E-state index in [0.717, 1.165) is 24.9 Å². The lowest BCUT2D eigenvalue weighted by Crippen LogP contribution is -2.48. The molecule has 0 unspecified atom stereocenters. The van der Waals surface area contributed by atoms with E-state index in [1.165, 1.54) is 6.07 Å². The van der Waals surface area contributed by atoms with Crippen molar-refractivity contribution in [2.45, 2.75) is 37.8 Å². The van der Waals surface area contributed by atoms with Gasteiger partial charge in [0.25, 0.3) is 5.91 Å². The Labute approximate surface area is 218 Å². The van der Waals surface area contributed by atoms with Gasteiger partial charge in [0.2, 0.25) is 5.91 Å². The minimum atomic E-state index is -0.853. The maximum Gasteiger partial charge on any atom is 0.262 e. The van der Waals surface area contributed by atoms with Crippen molar-refractivity contribution in [1.29, 1.82) is 0 Å². The molecular weight excluding hydrogens is 497 g/mol. The summed E-state index contributed by atoms with van der Waals surface area (Å²) in [6.45, 7) is 2.34. The van der Waals surface area contributed by atoms with Gasteiger partial charge in [0.1, 0.15) is 5.75 Å². The third-order valence-electron chi connectivity index (χ3n) is 7.49. The average molecular weight is 522 g/mol. The second-order valence-electron chi connectivity index (χ2n) is 9.73. The van der Waals surface area contributed by atoms with Crippen LogP contribution in [0.4, 0.5) is 10.1 Å². The summed E-state index contributed by atoms with van der Waals surface area (Å²) < 4.78 is 28.4. The van der Waals surface area contributed by atoms with Crippen LogP contribution in [-0.4, -0.2) is 31.0 Å². The summed E-state index contributed by atoms with van der Waals surface area (Å²) in [7, 11) is 0. The summed E-state index contributed by atoms with van der Waals surface area (Å²) in [5.41, 5.74) is 7.58. The lowest BCUT2D eigenvalue weighted by atomic mass is 9.80. The fraction of sp³-hybridized carbons (Fsp3) is 0.286. The van der Waals surface area contributed by atoms with Crippen LogP contribution in [0.1, 0.15) is 39.9 Å². The molecule has 0 aromatic heterocycles. The molecule has 37 heavy (non-hydrogen) atoms. The third kappa shape index (κ3) is 3.66. The highest BCUT2D eigenvalue weighted by molar-refractivity contribution is 6.34. The van der Waals surface area contributed by atoms with Crippen LogP contribution in [0.15, 0.2) is 42.5 Å². The monoisotopic (exact) mass is 521 g/mol. The zero-order valence-corrected chi connectivity index (χ0v) is 20.9. The molecule has 3 heterocycles. The molecule has 4 N–H and O–H groups in total. The molecule has 2 amide bonds. The number of rotatable bonds is 4. The molecule has 0 bridgehead atoms. The van der Waals surface area contributed by atoms with Crippen LogP contribution < -0.4 is 25.8 Å². The predicted octanol–water partition coefficient (Wildman–Crippen LogP) is 4.47. The number of nitrogens with one attached hydrogen (secondary N) is 2. The lowest BCUT2D eigenvalue weighted by molar-refractivity contribution is -0.118. The average Bonchev–Trinajstić information content (AvgIpc) is 3.55. The largest absolute Gasteiger partial charge is 0.480 e. The minimum absolute atomic E-state index is 0.0248. The molecule has 7 nitrogen and oxygen atoms in total. The molecular formula is C28H25ClFN3O4. The second-order valence-corrected chi connectivity index (χ2v) is 10.1. The molecule has 3 aromatic rings. The van der Waals surface area contributed by atoms with Crippen molar-refractivity contribution in [3.8, 4) is 22.6 Å². The lowest BCUT2D eigenvalue weighted by Gasteiger charge is -2.35. The molecule has 0 spiro atoms. The number of carbonyl (C=O) groups excluding carboxylic acids is 2. The van der Waals surface area contributed by atoms with Gasteiger partial charge in [-0.2, -0.15) is 0 Å². The van der Waals surface area contributed by atoms with Gasteiger partial charge in [0, 0.05) is 23.1 Å². The standard InChI is InChI=1S/C28H25ClFN3O4/c1-14-10-19-17(12-28(37-19,20-8-5-9-32-20)15-6-3-2-4-7-15)22(24(14)29)23-16(27(31)35)11-18-26(25(23)30)36-13-21(34)33-18/h2-4,6-7,10-11,20,32H,5,8-9,12-13H2,1H3,(H2,31,35)(H,33,34)/t20-,28-/m0/s1. The van der Waals surface area contributed by atoms with E-state index >= 15 is 4.39 Å². The summed E-state index contributed by atoms with van der Waals surface area (Å²) in [4.78, 5) is 24.4. The number of carbonyl (C=O) groups is 2. The first-order chi connectivity index (χ1) is 17.8. The second kappa shape index (κ2) is 8.75. The van der Waals surface area contributed by atoms with Gasteiger partial charge in [0.15, 0.2) is 23.8 Å². The van der Waals surface area contributed by atoms with Gasteiger partial charge in [0.05, 0.1) is 22.3 Å². The highest BCUT2D eigenvalue weighted by atomic mass is 35.5. The Balaban J connectivity index is 1.60. The van der Waals surface area contributed by atoms with Gasteiger partial charge in [-0.25, -0.2) is 4.39 Å². The third-order valence-corrected chi connectivity index (χ3v) is 7.98. The van der Waals surface area contributed by atoms with Gasteiger partial charge in [-0.3, -0.25) is 9.59 Å². The Kier molecular flexibility index (Phi) is 5.62. The number of nitrogens with two attached hydrogens (primary N) is 1. The molecule has 2 atom stereocenters. The molecule has 0 saturated carbocycles. The van der Waals surface area contributed by atoms with Crippen molar-refractivity contribution >= 4 is 29.1 Å². The van der Waals surface area contributed by atoms with E-state index in [1.807, 2.05) is 43.3 Å². The Morgan fingerprint density at radius 3 is 2.70 bits per heavy atom. The van der Waals surface area contributed by atoms with Crippen LogP contribution >= 0.6 is 11.6 Å². The van der Waals surface area contributed by atoms with Crippen molar-refractivity contribution in [3.05, 3.63) is 75.6 Å². The molecule has 3 aromatic carbocycles. The summed E-state index contributed by atoms with van der Waals surface area (Å²) >= 11 is 6.86. The van der Waals surface area contributed by atoms with Crippen molar-refractivity contribution in [2.24, 2.45) is 5.73 Å². The number of aryl methyl sites for hydroxylation is 1. The van der Waals surface area contributed by atoms with Crippen molar-refractivity contribution in [2.75, 3.05) is 18.5 Å². The first-order valence-electron chi connectivity index (χ1n) is 12.2. The van der Waals surface area contributed by atoms with E-state index in [-0.39, 0.29) is 35.2 Å². The Bertz CT molecular complexity index is 1460. The Hall–Kier alpha value is -3.62. The number of anilines is 1. The summed E-state index contributed by atoms with van der Waals surface area (Å²) in [5.74, 6) is -1.69. The topological polar surface area (TPSA) is 103 Å². The number of hydrogen-bond donors (Lipinski definition) is 3. The van der Waals surface area contributed by atoms with Crippen LogP contribution in [-0.2, 0) is 16.8 Å². The zero-order valence-electron chi connectivity index (χ0n) is 20.1.